The number of rotatable bonds is 22. The summed E-state index contributed by atoms with van der Waals surface area (Å²) in [5.74, 6) is 0. The minimum absolute atomic E-state index is 0.103. The van der Waals surface area contributed by atoms with Crippen LogP contribution in [-0.4, -0.2) is 0 Å². The Kier molecular flexibility index (Phi) is 15.9. The van der Waals surface area contributed by atoms with E-state index in [0.29, 0.717) is 0 Å². The maximum absolute atomic E-state index is 2.65. The van der Waals surface area contributed by atoms with E-state index in [9.17, 15) is 0 Å². The molecule has 2 heteroatoms. The number of unbranched alkanes of at least 4 members (excludes halogenated alkanes) is 10. The van der Waals surface area contributed by atoms with E-state index in [1.165, 1.54) is 178 Å². The van der Waals surface area contributed by atoms with Crippen molar-refractivity contribution in [3.05, 3.63) is 215 Å². The van der Waals surface area contributed by atoms with Crippen LogP contribution in [0.3, 0.4) is 0 Å². The fourth-order valence-corrected chi connectivity index (χ4v) is 16.0. The molecule has 0 saturated heterocycles. The van der Waals surface area contributed by atoms with Gasteiger partial charge in [0.15, 0.2) is 0 Å². The standard InChI is InChI=1S/C79H92N2/c1-11-13-15-17-19-31-49-79(50-32-20-18-16-14-12-2)69-53-61(80(59-33-23-21-24-34-59)73-39-29-27-37-63(73)57-41-47-67-71(51-57)77(7,8)55-75(67,3)4)43-45-65(69)66-46-44-62(54-70(66)79)81(60-35-25-22-26-36-60)74-40-30-28-38-64(74)58-42-48-68-72(52-58)78(9,10)56-76(68,5)6/h21-30,33-48,51-54H,11-20,31-32,49-50,55-56H2,1-10H3. The summed E-state index contributed by atoms with van der Waals surface area (Å²) in [5.41, 5.74) is 24.4. The van der Waals surface area contributed by atoms with Crippen molar-refractivity contribution >= 4 is 34.1 Å². The molecule has 0 aliphatic heterocycles. The number of hydrogen-bond donors (Lipinski definition) is 0. The topological polar surface area (TPSA) is 6.48 Å². The summed E-state index contributed by atoms with van der Waals surface area (Å²) >= 11 is 0. The van der Waals surface area contributed by atoms with Crippen LogP contribution in [0.15, 0.2) is 182 Å². The Labute approximate surface area is 489 Å². The van der Waals surface area contributed by atoms with Crippen molar-refractivity contribution in [3.8, 4) is 33.4 Å². The lowest BCUT2D eigenvalue weighted by Gasteiger charge is -2.35. The number of nitrogens with zero attached hydrogens (tertiary/aromatic N) is 2. The van der Waals surface area contributed by atoms with E-state index < -0.39 is 0 Å². The van der Waals surface area contributed by atoms with Crippen LogP contribution in [0.5, 0.6) is 0 Å². The lowest BCUT2D eigenvalue weighted by atomic mass is 9.70. The molecule has 0 N–H and O–H groups in total. The molecule has 418 valence electrons. The highest BCUT2D eigenvalue weighted by Gasteiger charge is 2.45. The van der Waals surface area contributed by atoms with Gasteiger partial charge in [-0.15, -0.1) is 0 Å². The van der Waals surface area contributed by atoms with Gasteiger partial charge in [0.05, 0.1) is 11.4 Å². The molecule has 0 unspecified atom stereocenters. The number of fused-ring (bicyclic) bond motifs is 5. The van der Waals surface area contributed by atoms with Gasteiger partial charge in [0, 0.05) is 39.3 Å². The number of anilines is 6. The van der Waals surface area contributed by atoms with Crippen molar-refractivity contribution in [1.82, 2.24) is 0 Å². The summed E-state index contributed by atoms with van der Waals surface area (Å²) in [6, 6.07) is 70.7. The van der Waals surface area contributed by atoms with Gasteiger partial charge in [0.25, 0.3) is 0 Å². The Morgan fingerprint density at radius 1 is 0.296 bits per heavy atom. The van der Waals surface area contributed by atoms with Gasteiger partial charge in [-0.3, -0.25) is 0 Å². The SMILES string of the molecule is CCCCCCCCC1(CCCCCCCC)c2cc(N(c3ccccc3)c3ccccc3-c3ccc4c(c3)C(C)(C)CC4(C)C)ccc2-c2ccc(N(c3ccccc3)c3ccccc3-c3ccc4c(c3)C(C)(C)CC4(C)C)cc21. The lowest BCUT2D eigenvalue weighted by molar-refractivity contribution is 0.398. The monoisotopic (exact) mass is 1070 g/mol. The Bertz CT molecular complexity index is 3250. The van der Waals surface area contributed by atoms with Crippen LogP contribution in [0.25, 0.3) is 33.4 Å². The molecule has 2 nitrogen and oxygen atoms in total. The summed E-state index contributed by atoms with van der Waals surface area (Å²) < 4.78 is 0. The van der Waals surface area contributed by atoms with E-state index >= 15 is 0 Å². The maximum atomic E-state index is 2.65. The molecule has 0 radical (unpaired) electrons. The van der Waals surface area contributed by atoms with Crippen LogP contribution in [0, 0.1) is 0 Å². The van der Waals surface area contributed by atoms with Crippen molar-refractivity contribution in [2.45, 2.75) is 199 Å². The van der Waals surface area contributed by atoms with Gasteiger partial charge in [-0.05, 0) is 164 Å². The molecule has 0 amide bonds. The fraction of sp³-hybridized carbons (Fsp3) is 0.392. The normalized spacial score (nSPS) is 16.4. The molecular weight excluding hydrogens is 977 g/mol. The number of para-hydroxylation sites is 4. The highest BCUT2D eigenvalue weighted by molar-refractivity contribution is 5.93. The van der Waals surface area contributed by atoms with Gasteiger partial charge >= 0.3 is 0 Å². The first-order valence-corrected chi connectivity index (χ1v) is 31.6. The molecule has 0 saturated carbocycles. The van der Waals surface area contributed by atoms with Crippen LogP contribution < -0.4 is 9.80 Å². The second-order valence-electron chi connectivity index (χ2n) is 27.4. The quantitative estimate of drug-likeness (QED) is 0.0624. The average Bonchev–Trinajstić information content (AvgIpc) is 3.85. The fourth-order valence-electron chi connectivity index (χ4n) is 16.0. The Hall–Kier alpha value is -6.64. The van der Waals surface area contributed by atoms with Gasteiger partial charge in [-0.1, -0.05) is 268 Å². The molecule has 0 atom stereocenters. The molecule has 0 heterocycles. The van der Waals surface area contributed by atoms with Crippen LogP contribution in [-0.2, 0) is 27.1 Å². The highest BCUT2D eigenvalue weighted by Crippen LogP contribution is 2.59. The zero-order chi connectivity index (χ0) is 56.6. The van der Waals surface area contributed by atoms with Gasteiger partial charge in [-0.2, -0.15) is 0 Å². The third-order valence-electron chi connectivity index (χ3n) is 19.4. The van der Waals surface area contributed by atoms with Crippen molar-refractivity contribution in [2.75, 3.05) is 9.80 Å². The summed E-state index contributed by atoms with van der Waals surface area (Å²) in [6.45, 7) is 24.1. The summed E-state index contributed by atoms with van der Waals surface area (Å²) in [7, 11) is 0. The largest absolute Gasteiger partial charge is 0.310 e. The molecule has 81 heavy (non-hydrogen) atoms. The van der Waals surface area contributed by atoms with Crippen molar-refractivity contribution in [3.63, 3.8) is 0 Å². The average molecular weight is 1070 g/mol. The van der Waals surface area contributed by atoms with Crippen LogP contribution >= 0.6 is 0 Å². The molecule has 8 aromatic rings. The molecular formula is C79H92N2. The predicted octanol–water partition coefficient (Wildman–Crippen LogP) is 23.6. The Balaban J connectivity index is 1.08. The van der Waals surface area contributed by atoms with Crippen molar-refractivity contribution in [2.24, 2.45) is 0 Å². The molecule has 0 aromatic heterocycles. The summed E-state index contributed by atoms with van der Waals surface area (Å²) in [6.07, 6.45) is 19.9. The van der Waals surface area contributed by atoms with Gasteiger partial charge in [-0.25, -0.2) is 0 Å². The van der Waals surface area contributed by atoms with Gasteiger partial charge < -0.3 is 9.80 Å². The first kappa shape index (κ1) is 56.2. The van der Waals surface area contributed by atoms with E-state index in [2.05, 4.69) is 261 Å². The lowest BCUT2D eigenvalue weighted by Crippen LogP contribution is -2.26. The molecule has 11 rings (SSSR count). The Morgan fingerprint density at radius 2 is 0.654 bits per heavy atom. The third-order valence-corrected chi connectivity index (χ3v) is 19.4. The summed E-state index contributed by atoms with van der Waals surface area (Å²) in [5, 5.41) is 0. The minimum Gasteiger partial charge on any atom is -0.310 e. The zero-order valence-corrected chi connectivity index (χ0v) is 51.0. The second kappa shape index (κ2) is 23.0. The third kappa shape index (κ3) is 10.9. The van der Waals surface area contributed by atoms with E-state index in [4.69, 9.17) is 0 Å². The van der Waals surface area contributed by atoms with E-state index in [1.807, 2.05) is 0 Å². The van der Waals surface area contributed by atoms with Gasteiger partial charge in [0.2, 0.25) is 0 Å². The first-order valence-electron chi connectivity index (χ1n) is 31.6. The zero-order valence-electron chi connectivity index (χ0n) is 51.0. The molecule has 0 bridgehead atoms. The highest BCUT2D eigenvalue weighted by atomic mass is 15.2. The minimum atomic E-state index is -0.174. The first-order chi connectivity index (χ1) is 39.1. The van der Waals surface area contributed by atoms with Crippen LogP contribution in [0.2, 0.25) is 0 Å². The summed E-state index contributed by atoms with van der Waals surface area (Å²) in [4.78, 5) is 5.14. The smallest absolute Gasteiger partial charge is 0.0540 e. The molecule has 0 spiro atoms. The Morgan fingerprint density at radius 3 is 1.06 bits per heavy atom. The van der Waals surface area contributed by atoms with Gasteiger partial charge in [0.1, 0.15) is 0 Å². The second-order valence-corrected chi connectivity index (χ2v) is 27.4. The predicted molar refractivity (Wildman–Crippen MR) is 350 cm³/mol. The van der Waals surface area contributed by atoms with Crippen LogP contribution in [0.4, 0.5) is 34.1 Å². The molecule has 0 fully saturated rings. The maximum Gasteiger partial charge on any atom is 0.0540 e. The molecule has 3 aliphatic rings. The van der Waals surface area contributed by atoms with E-state index in [1.54, 1.807) is 0 Å². The van der Waals surface area contributed by atoms with Crippen LogP contribution in [0.1, 0.15) is 205 Å². The van der Waals surface area contributed by atoms with Crippen molar-refractivity contribution in [1.29, 1.82) is 0 Å². The molecule has 3 aliphatic carbocycles. The van der Waals surface area contributed by atoms with E-state index in [0.717, 1.165) is 25.7 Å². The number of benzene rings is 8. The molecule has 8 aromatic carbocycles. The van der Waals surface area contributed by atoms with E-state index in [-0.39, 0.29) is 27.1 Å². The number of hydrogen-bond acceptors (Lipinski definition) is 2. The van der Waals surface area contributed by atoms with Crippen molar-refractivity contribution < 1.29 is 0 Å².